The number of fused-ring (bicyclic) bond motifs is 1. The van der Waals surface area contributed by atoms with Crippen molar-refractivity contribution >= 4 is 0 Å². The smallest absolute Gasteiger partial charge is 0.161 e. The molecule has 3 rings (SSSR count). The zero-order valence-corrected chi connectivity index (χ0v) is 11.7. The molecule has 1 aromatic heterocycles. The minimum absolute atomic E-state index is 0.0189. The summed E-state index contributed by atoms with van der Waals surface area (Å²) in [6.45, 7) is 5.88. The molecule has 0 bridgehead atoms. The Hall–Kier alpha value is -2.01. The van der Waals surface area contributed by atoms with Gasteiger partial charge in [-0.1, -0.05) is 17.3 Å². The number of hydrogen-bond donors (Lipinski definition) is 1. The first-order chi connectivity index (χ1) is 9.74. The summed E-state index contributed by atoms with van der Waals surface area (Å²) in [4.78, 5) is 0. The van der Waals surface area contributed by atoms with Gasteiger partial charge in [-0.25, -0.2) is 0 Å². The lowest BCUT2D eigenvalue weighted by Gasteiger charge is -2.26. The van der Waals surface area contributed by atoms with E-state index in [1.54, 1.807) is 0 Å². The SMILES string of the molecule is Cc1noc(C)c1CNCC1COc2ccccc2O1. The molecule has 0 radical (unpaired) electrons. The van der Waals surface area contributed by atoms with Gasteiger partial charge in [-0.2, -0.15) is 0 Å². The van der Waals surface area contributed by atoms with Gasteiger partial charge < -0.3 is 19.3 Å². The Labute approximate surface area is 117 Å². The predicted molar refractivity (Wildman–Crippen MR) is 74.0 cm³/mol. The second kappa shape index (κ2) is 5.54. The molecule has 5 heteroatoms. The summed E-state index contributed by atoms with van der Waals surface area (Å²) < 4.78 is 16.7. The molecule has 1 aliphatic rings. The third-order valence-electron chi connectivity index (χ3n) is 3.42. The number of nitrogens with zero attached hydrogens (tertiary/aromatic N) is 1. The zero-order valence-electron chi connectivity index (χ0n) is 11.7. The number of ether oxygens (including phenoxy) is 2. The molecule has 0 spiro atoms. The van der Waals surface area contributed by atoms with Gasteiger partial charge in [0.05, 0.1) is 5.69 Å². The lowest BCUT2D eigenvalue weighted by molar-refractivity contribution is 0.0902. The molecule has 5 nitrogen and oxygen atoms in total. The van der Waals surface area contributed by atoms with Crippen molar-refractivity contribution in [1.29, 1.82) is 0 Å². The van der Waals surface area contributed by atoms with Crippen LogP contribution in [0.2, 0.25) is 0 Å². The molecule has 1 atom stereocenters. The highest BCUT2D eigenvalue weighted by Crippen LogP contribution is 2.30. The third kappa shape index (κ3) is 2.63. The van der Waals surface area contributed by atoms with Gasteiger partial charge in [-0.05, 0) is 26.0 Å². The van der Waals surface area contributed by atoms with Gasteiger partial charge >= 0.3 is 0 Å². The largest absolute Gasteiger partial charge is 0.486 e. The standard InChI is InChI=1S/C15H18N2O3/c1-10-13(11(2)20-17-10)8-16-7-12-9-18-14-5-3-4-6-15(14)19-12/h3-6,12,16H,7-9H2,1-2H3. The highest BCUT2D eigenvalue weighted by atomic mass is 16.6. The molecule has 0 fully saturated rings. The fraction of sp³-hybridized carbons (Fsp3) is 0.400. The fourth-order valence-electron chi connectivity index (χ4n) is 2.28. The van der Waals surface area contributed by atoms with Crippen LogP contribution in [0.3, 0.4) is 0 Å². The summed E-state index contributed by atoms with van der Waals surface area (Å²) in [5.41, 5.74) is 2.04. The van der Waals surface area contributed by atoms with Crippen LogP contribution in [-0.4, -0.2) is 24.4 Å². The Bertz CT molecular complexity index is 575. The van der Waals surface area contributed by atoms with Crippen LogP contribution in [0.15, 0.2) is 28.8 Å². The van der Waals surface area contributed by atoms with E-state index in [0.717, 1.165) is 41.6 Å². The number of aryl methyl sites for hydroxylation is 2. The Morgan fingerprint density at radius 3 is 2.80 bits per heavy atom. The third-order valence-corrected chi connectivity index (χ3v) is 3.42. The van der Waals surface area contributed by atoms with E-state index < -0.39 is 0 Å². The van der Waals surface area contributed by atoms with Crippen molar-refractivity contribution in [2.24, 2.45) is 0 Å². The number of aromatic nitrogens is 1. The first kappa shape index (κ1) is 13.0. The molecular weight excluding hydrogens is 256 g/mol. The van der Waals surface area contributed by atoms with Gasteiger partial charge in [0, 0.05) is 18.7 Å². The number of benzene rings is 1. The summed E-state index contributed by atoms with van der Waals surface area (Å²) >= 11 is 0. The van der Waals surface area contributed by atoms with E-state index in [2.05, 4.69) is 10.5 Å². The first-order valence-electron chi connectivity index (χ1n) is 6.75. The van der Waals surface area contributed by atoms with Gasteiger partial charge in [0.2, 0.25) is 0 Å². The van der Waals surface area contributed by atoms with Gasteiger partial charge in [-0.15, -0.1) is 0 Å². The molecule has 1 aromatic carbocycles. The highest BCUT2D eigenvalue weighted by molar-refractivity contribution is 5.40. The van der Waals surface area contributed by atoms with Crippen LogP contribution in [0.4, 0.5) is 0 Å². The summed E-state index contributed by atoms with van der Waals surface area (Å²) in [7, 11) is 0. The maximum atomic E-state index is 5.89. The van der Waals surface area contributed by atoms with Crippen molar-refractivity contribution in [2.45, 2.75) is 26.5 Å². The van der Waals surface area contributed by atoms with Crippen LogP contribution in [0, 0.1) is 13.8 Å². The van der Waals surface area contributed by atoms with Gasteiger partial charge in [0.1, 0.15) is 18.5 Å². The van der Waals surface area contributed by atoms with Crippen LogP contribution in [0.1, 0.15) is 17.0 Å². The zero-order chi connectivity index (χ0) is 13.9. The summed E-state index contributed by atoms with van der Waals surface area (Å²) in [5, 5.41) is 7.31. The van der Waals surface area contributed by atoms with Crippen LogP contribution in [-0.2, 0) is 6.54 Å². The summed E-state index contributed by atoms with van der Waals surface area (Å²) in [5.74, 6) is 2.48. The maximum absolute atomic E-state index is 5.89. The van der Waals surface area contributed by atoms with Crippen LogP contribution in [0.25, 0.3) is 0 Å². The average molecular weight is 274 g/mol. The normalized spacial score (nSPS) is 17.2. The lowest BCUT2D eigenvalue weighted by Crippen LogP contribution is -2.38. The average Bonchev–Trinajstić information content (AvgIpc) is 2.79. The minimum atomic E-state index is 0.0189. The summed E-state index contributed by atoms with van der Waals surface area (Å²) in [6, 6.07) is 7.73. The van der Waals surface area contributed by atoms with Crippen LogP contribution in [0.5, 0.6) is 11.5 Å². The molecule has 2 heterocycles. The molecule has 2 aromatic rings. The van der Waals surface area contributed by atoms with Crippen molar-refractivity contribution in [1.82, 2.24) is 10.5 Å². The van der Waals surface area contributed by atoms with Gasteiger partial charge in [0.25, 0.3) is 0 Å². The quantitative estimate of drug-likeness (QED) is 0.926. The molecule has 0 saturated carbocycles. The molecule has 1 N–H and O–H groups in total. The van der Waals surface area contributed by atoms with Crippen LogP contribution < -0.4 is 14.8 Å². The van der Waals surface area contributed by atoms with Gasteiger partial charge in [0.15, 0.2) is 11.5 Å². The highest BCUT2D eigenvalue weighted by Gasteiger charge is 2.20. The minimum Gasteiger partial charge on any atom is -0.486 e. The number of hydrogen-bond acceptors (Lipinski definition) is 5. The van der Waals surface area contributed by atoms with E-state index in [1.807, 2.05) is 38.1 Å². The van der Waals surface area contributed by atoms with Crippen molar-refractivity contribution in [3.8, 4) is 11.5 Å². The second-order valence-corrected chi connectivity index (χ2v) is 4.93. The van der Waals surface area contributed by atoms with E-state index in [4.69, 9.17) is 14.0 Å². The molecule has 0 saturated heterocycles. The molecule has 1 aliphatic heterocycles. The van der Waals surface area contributed by atoms with Crippen LogP contribution >= 0.6 is 0 Å². The van der Waals surface area contributed by atoms with E-state index in [-0.39, 0.29) is 6.10 Å². The fourth-order valence-corrected chi connectivity index (χ4v) is 2.28. The Morgan fingerprint density at radius 2 is 2.05 bits per heavy atom. The van der Waals surface area contributed by atoms with Gasteiger partial charge in [-0.3, -0.25) is 0 Å². The van der Waals surface area contributed by atoms with E-state index >= 15 is 0 Å². The molecule has 106 valence electrons. The van der Waals surface area contributed by atoms with Crippen molar-refractivity contribution in [2.75, 3.05) is 13.2 Å². The van der Waals surface area contributed by atoms with E-state index in [1.165, 1.54) is 0 Å². The Balaban J connectivity index is 1.53. The maximum Gasteiger partial charge on any atom is 0.161 e. The van der Waals surface area contributed by atoms with Crippen molar-refractivity contribution in [3.63, 3.8) is 0 Å². The first-order valence-corrected chi connectivity index (χ1v) is 6.75. The number of para-hydroxylation sites is 2. The van der Waals surface area contributed by atoms with Crippen molar-refractivity contribution in [3.05, 3.63) is 41.3 Å². The van der Waals surface area contributed by atoms with Crippen molar-refractivity contribution < 1.29 is 14.0 Å². The molecule has 20 heavy (non-hydrogen) atoms. The lowest BCUT2D eigenvalue weighted by atomic mass is 10.2. The molecule has 0 amide bonds. The molecule has 1 unspecified atom stereocenters. The second-order valence-electron chi connectivity index (χ2n) is 4.93. The Morgan fingerprint density at radius 1 is 1.25 bits per heavy atom. The molecule has 0 aliphatic carbocycles. The Kier molecular flexibility index (Phi) is 3.60. The number of rotatable bonds is 4. The summed E-state index contributed by atoms with van der Waals surface area (Å²) in [6.07, 6.45) is 0.0189. The topological polar surface area (TPSA) is 56.5 Å². The molecular formula is C15H18N2O3. The number of nitrogens with one attached hydrogen (secondary N) is 1. The monoisotopic (exact) mass is 274 g/mol. The van der Waals surface area contributed by atoms with E-state index in [9.17, 15) is 0 Å². The predicted octanol–water partition coefficient (Wildman–Crippen LogP) is 2.22. The van der Waals surface area contributed by atoms with E-state index in [0.29, 0.717) is 6.61 Å².